The zero-order chi connectivity index (χ0) is 17.8. The van der Waals surface area contributed by atoms with Gasteiger partial charge in [0.1, 0.15) is 18.6 Å². The topological polar surface area (TPSA) is 104 Å². The highest BCUT2D eigenvalue weighted by Crippen LogP contribution is 2.23. The van der Waals surface area contributed by atoms with E-state index in [0.29, 0.717) is 30.2 Å². The molecule has 2 aromatic heterocycles. The number of carbonyl (C=O) groups excluding carboxylic acids is 1. The molecule has 0 spiro atoms. The maximum atomic E-state index is 12.4. The Kier molecular flexibility index (Phi) is 4.73. The van der Waals surface area contributed by atoms with Crippen molar-refractivity contribution >= 4 is 22.8 Å². The second kappa shape index (κ2) is 7.12. The van der Waals surface area contributed by atoms with Gasteiger partial charge in [-0.05, 0) is 26.0 Å². The zero-order valence-electron chi connectivity index (χ0n) is 14.0. The maximum Gasteiger partial charge on any atom is 0.283 e. The molecular weight excluding hydrogens is 324 g/mol. The lowest BCUT2D eigenvalue weighted by molar-refractivity contribution is -0.116. The minimum atomic E-state index is -0.405. The number of hydrogen-bond donors (Lipinski definition) is 1. The second-order valence-electron chi connectivity index (χ2n) is 5.23. The third-order valence-electron chi connectivity index (χ3n) is 3.57. The van der Waals surface area contributed by atoms with Gasteiger partial charge in [-0.1, -0.05) is 17.3 Å². The molecule has 0 saturated heterocycles. The van der Waals surface area contributed by atoms with Crippen molar-refractivity contribution in [2.45, 2.75) is 26.9 Å². The summed E-state index contributed by atoms with van der Waals surface area (Å²) in [6.07, 6.45) is 1.33. The molecule has 0 atom stereocenters. The van der Waals surface area contributed by atoms with Gasteiger partial charge in [0.15, 0.2) is 11.2 Å². The molecule has 0 bridgehead atoms. The Morgan fingerprint density at radius 3 is 2.84 bits per heavy atom. The van der Waals surface area contributed by atoms with Crippen molar-refractivity contribution < 1.29 is 9.53 Å². The molecule has 9 nitrogen and oxygen atoms in total. The number of nitrogens with zero attached hydrogens (tertiary/aromatic N) is 5. The Bertz CT molecular complexity index is 962. The summed E-state index contributed by atoms with van der Waals surface area (Å²) in [6.45, 7) is 4.61. The highest BCUT2D eigenvalue weighted by molar-refractivity contribution is 5.92. The standard InChI is InChI=1S/C16H18N6O3/c1-3-22-15-14(19-20-22)16(24)21(10-17-15)9-13(23)18-11-7-5-6-8-12(11)25-4-2/h5-8,10H,3-4,9H2,1-2H3,(H,18,23). The van der Waals surface area contributed by atoms with E-state index < -0.39 is 5.56 Å². The number of benzene rings is 1. The van der Waals surface area contributed by atoms with E-state index in [-0.39, 0.29) is 18.0 Å². The third-order valence-corrected chi connectivity index (χ3v) is 3.57. The van der Waals surface area contributed by atoms with Crippen LogP contribution < -0.4 is 15.6 Å². The van der Waals surface area contributed by atoms with Gasteiger partial charge in [-0.2, -0.15) is 0 Å². The third kappa shape index (κ3) is 3.35. The Hall–Kier alpha value is -3.23. The molecular formula is C16H18N6O3. The van der Waals surface area contributed by atoms with Crippen LogP contribution in [0, 0.1) is 0 Å². The van der Waals surface area contributed by atoms with E-state index in [2.05, 4.69) is 20.6 Å². The highest BCUT2D eigenvalue weighted by atomic mass is 16.5. The van der Waals surface area contributed by atoms with Crippen LogP contribution >= 0.6 is 0 Å². The van der Waals surface area contributed by atoms with Crippen LogP contribution in [-0.2, 0) is 17.9 Å². The van der Waals surface area contributed by atoms with Crippen molar-refractivity contribution in [1.29, 1.82) is 0 Å². The number of amides is 1. The minimum Gasteiger partial charge on any atom is -0.492 e. The number of fused-ring (bicyclic) bond motifs is 1. The molecule has 0 saturated carbocycles. The summed E-state index contributed by atoms with van der Waals surface area (Å²) in [5.74, 6) is 0.212. The first-order valence-electron chi connectivity index (χ1n) is 7.94. The van der Waals surface area contributed by atoms with E-state index in [0.717, 1.165) is 0 Å². The van der Waals surface area contributed by atoms with Gasteiger partial charge in [-0.15, -0.1) is 5.10 Å². The molecule has 1 N–H and O–H groups in total. The van der Waals surface area contributed by atoms with Gasteiger partial charge in [0.05, 0.1) is 12.3 Å². The summed E-state index contributed by atoms with van der Waals surface area (Å²) in [5.41, 5.74) is 0.698. The molecule has 3 rings (SSSR count). The molecule has 0 radical (unpaired) electrons. The molecule has 0 unspecified atom stereocenters. The van der Waals surface area contributed by atoms with Crippen molar-refractivity contribution in [2.24, 2.45) is 0 Å². The first-order valence-corrected chi connectivity index (χ1v) is 7.94. The largest absolute Gasteiger partial charge is 0.492 e. The summed E-state index contributed by atoms with van der Waals surface area (Å²) in [5, 5.41) is 10.5. The molecule has 2 heterocycles. The van der Waals surface area contributed by atoms with Gasteiger partial charge in [0.25, 0.3) is 5.56 Å². The molecule has 3 aromatic rings. The fourth-order valence-electron chi connectivity index (χ4n) is 2.41. The van der Waals surface area contributed by atoms with E-state index >= 15 is 0 Å². The van der Waals surface area contributed by atoms with Crippen LogP contribution in [0.15, 0.2) is 35.4 Å². The fraction of sp³-hybridized carbons (Fsp3) is 0.312. The van der Waals surface area contributed by atoms with Crippen LogP contribution in [0.3, 0.4) is 0 Å². The number of nitrogens with one attached hydrogen (secondary N) is 1. The molecule has 1 aromatic carbocycles. The number of aromatic nitrogens is 5. The van der Waals surface area contributed by atoms with E-state index in [1.165, 1.54) is 15.6 Å². The van der Waals surface area contributed by atoms with Crippen LogP contribution in [-0.4, -0.2) is 37.1 Å². The minimum absolute atomic E-state index is 0.145. The predicted molar refractivity (Wildman–Crippen MR) is 91.5 cm³/mol. The Morgan fingerprint density at radius 1 is 1.28 bits per heavy atom. The van der Waals surface area contributed by atoms with Crippen LogP contribution in [0.2, 0.25) is 0 Å². The average molecular weight is 342 g/mol. The number of hydrogen-bond acceptors (Lipinski definition) is 6. The fourth-order valence-corrected chi connectivity index (χ4v) is 2.41. The molecule has 130 valence electrons. The van der Waals surface area contributed by atoms with Crippen molar-refractivity contribution in [1.82, 2.24) is 24.5 Å². The van der Waals surface area contributed by atoms with Crippen LogP contribution in [0.25, 0.3) is 11.2 Å². The summed E-state index contributed by atoms with van der Waals surface area (Å²) in [4.78, 5) is 28.9. The molecule has 9 heteroatoms. The van der Waals surface area contributed by atoms with Crippen molar-refractivity contribution in [3.8, 4) is 5.75 Å². The Balaban J connectivity index is 1.81. The van der Waals surface area contributed by atoms with E-state index in [1.54, 1.807) is 18.2 Å². The quantitative estimate of drug-likeness (QED) is 0.718. The van der Waals surface area contributed by atoms with Gasteiger partial charge in [0.2, 0.25) is 5.91 Å². The highest BCUT2D eigenvalue weighted by Gasteiger charge is 2.14. The number of rotatable bonds is 6. The van der Waals surface area contributed by atoms with Gasteiger partial charge >= 0.3 is 0 Å². The number of para-hydroxylation sites is 2. The summed E-state index contributed by atoms with van der Waals surface area (Å²) >= 11 is 0. The SMILES string of the molecule is CCOc1ccccc1NC(=O)Cn1cnc2c(nnn2CC)c1=O. The monoisotopic (exact) mass is 342 g/mol. The number of anilines is 1. The summed E-state index contributed by atoms with van der Waals surface area (Å²) in [6, 6.07) is 7.11. The number of ether oxygens (including phenoxy) is 1. The molecule has 0 aliphatic carbocycles. The molecule has 0 fully saturated rings. The van der Waals surface area contributed by atoms with Gasteiger partial charge < -0.3 is 10.1 Å². The van der Waals surface area contributed by atoms with Gasteiger partial charge in [-0.25, -0.2) is 9.67 Å². The maximum absolute atomic E-state index is 12.4. The Morgan fingerprint density at radius 2 is 2.08 bits per heavy atom. The van der Waals surface area contributed by atoms with Gasteiger partial charge in [-0.3, -0.25) is 14.2 Å². The van der Waals surface area contributed by atoms with E-state index in [9.17, 15) is 9.59 Å². The lowest BCUT2D eigenvalue weighted by Gasteiger charge is -2.11. The van der Waals surface area contributed by atoms with Crippen LogP contribution in [0.1, 0.15) is 13.8 Å². The average Bonchev–Trinajstić information content (AvgIpc) is 3.03. The smallest absolute Gasteiger partial charge is 0.283 e. The number of carbonyl (C=O) groups is 1. The first kappa shape index (κ1) is 16.6. The van der Waals surface area contributed by atoms with Gasteiger partial charge in [0, 0.05) is 6.54 Å². The summed E-state index contributed by atoms with van der Waals surface area (Å²) < 4.78 is 8.20. The molecule has 0 aliphatic rings. The first-order chi connectivity index (χ1) is 12.1. The summed E-state index contributed by atoms with van der Waals surface area (Å²) in [7, 11) is 0. The van der Waals surface area contributed by atoms with Crippen LogP contribution in [0.5, 0.6) is 5.75 Å². The predicted octanol–water partition coefficient (Wildman–Crippen LogP) is 1.05. The van der Waals surface area contributed by atoms with Crippen molar-refractivity contribution in [3.63, 3.8) is 0 Å². The number of aryl methyl sites for hydroxylation is 1. The molecule has 0 aliphatic heterocycles. The van der Waals surface area contributed by atoms with Crippen molar-refractivity contribution in [2.75, 3.05) is 11.9 Å². The Labute approximate surface area is 143 Å². The second-order valence-corrected chi connectivity index (χ2v) is 5.23. The van der Waals surface area contributed by atoms with E-state index in [1.807, 2.05) is 19.9 Å². The lowest BCUT2D eigenvalue weighted by Crippen LogP contribution is -2.28. The van der Waals surface area contributed by atoms with Crippen LogP contribution in [0.4, 0.5) is 5.69 Å². The lowest BCUT2D eigenvalue weighted by atomic mass is 10.3. The normalized spacial score (nSPS) is 10.8. The zero-order valence-corrected chi connectivity index (χ0v) is 14.0. The van der Waals surface area contributed by atoms with Crippen molar-refractivity contribution in [3.05, 3.63) is 40.9 Å². The van der Waals surface area contributed by atoms with E-state index in [4.69, 9.17) is 4.74 Å². The molecule has 1 amide bonds. The molecule has 25 heavy (non-hydrogen) atoms.